The van der Waals surface area contributed by atoms with E-state index in [-0.39, 0.29) is 5.56 Å². The third-order valence-corrected chi connectivity index (χ3v) is 2.31. The van der Waals surface area contributed by atoms with Crippen LogP contribution in [0.1, 0.15) is 15.9 Å². The Kier molecular flexibility index (Phi) is 3.05. The van der Waals surface area contributed by atoms with Gasteiger partial charge in [-0.25, -0.2) is 0 Å². The van der Waals surface area contributed by atoms with Crippen LogP contribution in [-0.4, -0.2) is 17.1 Å². The number of benzene rings is 1. The Morgan fingerprint density at radius 3 is 2.44 bits per heavy atom. The standard InChI is InChI=1S/C9H7ClF3NO2/c1-3-2-4(14)5(6(10)7(3)15)8(16)9(11,12)13/h2,15H,14H2,1H3. The minimum Gasteiger partial charge on any atom is -0.506 e. The average molecular weight is 254 g/mol. The van der Waals surface area contributed by atoms with E-state index in [9.17, 15) is 23.1 Å². The zero-order chi connectivity index (χ0) is 12.7. The lowest BCUT2D eigenvalue weighted by molar-refractivity contribution is -0.0884. The largest absolute Gasteiger partial charge is 0.506 e. The summed E-state index contributed by atoms with van der Waals surface area (Å²) >= 11 is 5.45. The maximum atomic E-state index is 12.2. The summed E-state index contributed by atoms with van der Waals surface area (Å²) in [6, 6.07) is 1.06. The van der Waals surface area contributed by atoms with Gasteiger partial charge in [0, 0.05) is 5.69 Å². The molecule has 3 nitrogen and oxygen atoms in total. The van der Waals surface area contributed by atoms with Crippen molar-refractivity contribution in [2.24, 2.45) is 0 Å². The van der Waals surface area contributed by atoms with E-state index in [4.69, 9.17) is 17.3 Å². The summed E-state index contributed by atoms with van der Waals surface area (Å²) in [7, 11) is 0. The molecule has 0 atom stereocenters. The van der Waals surface area contributed by atoms with Gasteiger partial charge in [-0.15, -0.1) is 0 Å². The second-order valence-electron chi connectivity index (χ2n) is 3.15. The number of hydrogen-bond donors (Lipinski definition) is 2. The molecule has 0 aliphatic carbocycles. The van der Waals surface area contributed by atoms with Crippen LogP contribution >= 0.6 is 11.6 Å². The second kappa shape index (κ2) is 3.86. The summed E-state index contributed by atoms with van der Waals surface area (Å²) < 4.78 is 36.5. The van der Waals surface area contributed by atoms with Gasteiger partial charge in [0.05, 0.1) is 10.6 Å². The van der Waals surface area contributed by atoms with Crippen LogP contribution in [0.15, 0.2) is 6.07 Å². The fourth-order valence-electron chi connectivity index (χ4n) is 1.16. The highest BCUT2D eigenvalue weighted by atomic mass is 35.5. The number of aromatic hydroxyl groups is 1. The van der Waals surface area contributed by atoms with Gasteiger partial charge in [0.1, 0.15) is 5.75 Å². The molecule has 0 radical (unpaired) electrons. The van der Waals surface area contributed by atoms with Crippen molar-refractivity contribution in [3.05, 3.63) is 22.2 Å². The molecule has 1 rings (SSSR count). The number of nitrogens with two attached hydrogens (primary N) is 1. The molecule has 3 N–H and O–H groups in total. The number of carbonyl (C=O) groups is 1. The quantitative estimate of drug-likeness (QED) is 0.459. The predicted octanol–water partition coefficient (Wildman–Crippen LogP) is 2.68. The summed E-state index contributed by atoms with van der Waals surface area (Å²) in [4.78, 5) is 11.0. The predicted molar refractivity (Wildman–Crippen MR) is 52.7 cm³/mol. The average Bonchev–Trinajstić information content (AvgIpc) is 2.13. The summed E-state index contributed by atoms with van der Waals surface area (Å²) in [5.41, 5.74) is 4.13. The number of rotatable bonds is 1. The third-order valence-electron chi connectivity index (χ3n) is 1.95. The molecule has 0 amide bonds. The maximum Gasteiger partial charge on any atom is 0.455 e. The molecule has 7 heteroatoms. The zero-order valence-electron chi connectivity index (χ0n) is 8.02. The molecule has 0 saturated heterocycles. The first kappa shape index (κ1) is 12.6. The number of phenols is 1. The van der Waals surface area contributed by atoms with Crippen LogP contribution in [0.25, 0.3) is 0 Å². The van der Waals surface area contributed by atoms with Gasteiger partial charge in [0.25, 0.3) is 5.78 Å². The third kappa shape index (κ3) is 2.06. The Morgan fingerprint density at radius 1 is 1.50 bits per heavy atom. The Labute approximate surface area is 93.6 Å². The van der Waals surface area contributed by atoms with E-state index in [0.717, 1.165) is 6.07 Å². The number of halogens is 4. The highest BCUT2D eigenvalue weighted by molar-refractivity contribution is 6.36. The summed E-state index contributed by atoms with van der Waals surface area (Å²) in [6.45, 7) is 1.40. The van der Waals surface area contributed by atoms with Crippen LogP contribution in [0.2, 0.25) is 5.02 Å². The first-order valence-corrected chi connectivity index (χ1v) is 4.43. The number of nitrogen functional groups attached to an aromatic ring is 1. The number of Topliss-reactive ketones (excluding diaryl/α,β-unsaturated/α-hetero) is 1. The van der Waals surface area contributed by atoms with Gasteiger partial charge in [0.2, 0.25) is 0 Å². The van der Waals surface area contributed by atoms with E-state index >= 15 is 0 Å². The van der Waals surface area contributed by atoms with Crippen molar-refractivity contribution >= 4 is 23.1 Å². The fourth-order valence-corrected chi connectivity index (χ4v) is 1.51. The number of hydrogen-bond acceptors (Lipinski definition) is 3. The van der Waals surface area contributed by atoms with Crippen molar-refractivity contribution in [3.8, 4) is 5.75 Å². The molecule has 0 aliphatic rings. The summed E-state index contributed by atoms with van der Waals surface area (Å²) in [6.07, 6.45) is -5.08. The zero-order valence-corrected chi connectivity index (χ0v) is 8.78. The molecule has 0 aliphatic heterocycles. The molecule has 0 spiro atoms. The number of alkyl halides is 3. The first-order valence-electron chi connectivity index (χ1n) is 4.05. The van der Waals surface area contributed by atoms with Gasteiger partial charge in [0.15, 0.2) is 0 Å². The lowest BCUT2D eigenvalue weighted by Gasteiger charge is -2.12. The maximum absolute atomic E-state index is 12.2. The number of phenolic OH excluding ortho intramolecular Hbond substituents is 1. The van der Waals surface area contributed by atoms with Crippen molar-refractivity contribution in [2.75, 3.05) is 5.73 Å². The lowest BCUT2D eigenvalue weighted by Crippen LogP contribution is -2.24. The molecule has 88 valence electrons. The van der Waals surface area contributed by atoms with Crippen molar-refractivity contribution in [3.63, 3.8) is 0 Å². The molecular formula is C9H7ClF3NO2. The first-order chi connectivity index (χ1) is 7.16. The van der Waals surface area contributed by atoms with E-state index in [1.807, 2.05) is 0 Å². The van der Waals surface area contributed by atoms with Crippen LogP contribution in [0.3, 0.4) is 0 Å². The van der Waals surface area contributed by atoms with E-state index < -0.39 is 34.0 Å². The normalized spacial score (nSPS) is 11.6. The number of aryl methyl sites for hydroxylation is 1. The molecule has 16 heavy (non-hydrogen) atoms. The molecule has 0 heterocycles. The number of ketones is 1. The monoisotopic (exact) mass is 253 g/mol. The molecule has 0 saturated carbocycles. The van der Waals surface area contributed by atoms with E-state index in [1.165, 1.54) is 6.92 Å². The van der Waals surface area contributed by atoms with E-state index in [2.05, 4.69) is 0 Å². The number of carbonyl (C=O) groups excluding carboxylic acids is 1. The molecule has 0 unspecified atom stereocenters. The van der Waals surface area contributed by atoms with Crippen molar-refractivity contribution in [1.29, 1.82) is 0 Å². The van der Waals surface area contributed by atoms with Crippen molar-refractivity contribution in [1.82, 2.24) is 0 Å². The smallest absolute Gasteiger partial charge is 0.455 e. The van der Waals surface area contributed by atoms with E-state index in [1.54, 1.807) is 0 Å². The molecular weight excluding hydrogens is 247 g/mol. The SMILES string of the molecule is Cc1cc(N)c(C(=O)C(F)(F)F)c(Cl)c1O. The minimum absolute atomic E-state index is 0.196. The van der Waals surface area contributed by atoms with Crippen LogP contribution in [0.4, 0.5) is 18.9 Å². The number of anilines is 1. The molecule has 1 aromatic carbocycles. The highest BCUT2D eigenvalue weighted by Gasteiger charge is 2.42. The second-order valence-corrected chi connectivity index (χ2v) is 3.53. The Balaban J connectivity index is 3.47. The van der Waals surface area contributed by atoms with Gasteiger partial charge in [-0.05, 0) is 18.6 Å². The highest BCUT2D eigenvalue weighted by Crippen LogP contribution is 2.37. The summed E-state index contributed by atoms with van der Waals surface area (Å²) in [5, 5.41) is 8.64. The Bertz CT molecular complexity index is 457. The lowest BCUT2D eigenvalue weighted by atomic mass is 10.0. The van der Waals surface area contributed by atoms with Crippen LogP contribution in [-0.2, 0) is 0 Å². The van der Waals surface area contributed by atoms with Crippen LogP contribution in [0.5, 0.6) is 5.75 Å². The van der Waals surface area contributed by atoms with Gasteiger partial charge in [-0.1, -0.05) is 11.6 Å². The molecule has 0 bridgehead atoms. The molecule has 1 aromatic rings. The van der Waals surface area contributed by atoms with Crippen LogP contribution in [0, 0.1) is 6.92 Å². The fraction of sp³-hybridized carbons (Fsp3) is 0.222. The van der Waals surface area contributed by atoms with Crippen molar-refractivity contribution in [2.45, 2.75) is 13.1 Å². The molecule has 0 aromatic heterocycles. The van der Waals surface area contributed by atoms with Crippen LogP contribution < -0.4 is 5.73 Å². The Morgan fingerprint density at radius 2 is 2.00 bits per heavy atom. The van der Waals surface area contributed by atoms with E-state index in [0.29, 0.717) is 0 Å². The minimum atomic E-state index is -5.08. The van der Waals surface area contributed by atoms with Gasteiger partial charge < -0.3 is 10.8 Å². The topological polar surface area (TPSA) is 63.3 Å². The van der Waals surface area contributed by atoms with Gasteiger partial charge >= 0.3 is 6.18 Å². The van der Waals surface area contributed by atoms with Gasteiger partial charge in [-0.2, -0.15) is 13.2 Å². The van der Waals surface area contributed by atoms with Crippen molar-refractivity contribution < 1.29 is 23.1 Å². The Hall–Kier alpha value is -1.43. The van der Waals surface area contributed by atoms with Gasteiger partial charge in [-0.3, -0.25) is 4.79 Å². The molecule has 0 fully saturated rings. The summed E-state index contributed by atoms with van der Waals surface area (Å²) in [5.74, 6) is -2.76.